The van der Waals surface area contributed by atoms with Crippen molar-refractivity contribution < 1.29 is 33.3 Å². The molecule has 0 aliphatic carbocycles. The summed E-state index contributed by atoms with van der Waals surface area (Å²) < 4.78 is 22.7. The minimum atomic E-state index is -0.371. The molecule has 6 aromatic rings. The Labute approximate surface area is 409 Å². The molecule has 0 aliphatic rings. The maximum absolute atomic E-state index is 12.7. The highest BCUT2D eigenvalue weighted by Gasteiger charge is 2.17. The lowest BCUT2D eigenvalue weighted by molar-refractivity contribution is -0.144. The van der Waals surface area contributed by atoms with Crippen LogP contribution in [0.2, 0.25) is 0 Å². The molecule has 0 bridgehead atoms. The molecule has 0 spiro atoms. The normalized spacial score (nSPS) is 10.7. The zero-order valence-corrected chi connectivity index (χ0v) is 41.2. The van der Waals surface area contributed by atoms with Gasteiger partial charge in [-0.3, -0.25) is 14.0 Å². The third kappa shape index (κ3) is 17.2. The van der Waals surface area contributed by atoms with Crippen LogP contribution in [0.3, 0.4) is 0 Å². The summed E-state index contributed by atoms with van der Waals surface area (Å²) in [6.07, 6.45) is 11.0. The van der Waals surface area contributed by atoms with Crippen molar-refractivity contribution in [3.05, 3.63) is 158 Å². The van der Waals surface area contributed by atoms with E-state index in [4.69, 9.17) is 23.9 Å². The molecule has 13 heteroatoms. The Morgan fingerprint density at radius 3 is 1.97 bits per heavy atom. The summed E-state index contributed by atoms with van der Waals surface area (Å²) in [7, 11) is 0. The van der Waals surface area contributed by atoms with Crippen molar-refractivity contribution in [2.24, 2.45) is 0 Å². The highest BCUT2D eigenvalue weighted by Crippen LogP contribution is 2.30. The topological polar surface area (TPSA) is 162 Å². The number of aryl methyl sites for hydroxylation is 3. The number of fused-ring (bicyclic) bond motifs is 1. The monoisotopic (exact) mass is 952 g/mol. The number of carbonyl (C=O) groups excluding carboxylic acids is 3. The second-order valence-corrected chi connectivity index (χ2v) is 18.0. The first-order chi connectivity index (χ1) is 33.3. The Morgan fingerprint density at radius 1 is 0.754 bits per heavy atom. The molecule has 69 heavy (non-hydrogen) atoms. The molecule has 12 nitrogen and oxygen atoms in total. The quantitative estimate of drug-likeness (QED) is 0.0253. The summed E-state index contributed by atoms with van der Waals surface area (Å²) in [6.45, 7) is 16.3. The molecule has 1 N–H and O–H groups in total. The van der Waals surface area contributed by atoms with Crippen LogP contribution >= 0.6 is 11.3 Å². The number of thiazole rings is 1. The van der Waals surface area contributed by atoms with Crippen molar-refractivity contribution in [2.75, 3.05) is 26.4 Å². The Bertz CT molecular complexity index is 2760. The number of unbranched alkanes of at least 4 members (excludes halogenated alkanes) is 6. The first-order valence-corrected chi connectivity index (χ1v) is 24.5. The van der Waals surface area contributed by atoms with E-state index in [0.29, 0.717) is 72.9 Å². The number of hydrogen-bond acceptors (Lipinski definition) is 11. The van der Waals surface area contributed by atoms with Gasteiger partial charge in [-0.15, -0.1) is 11.3 Å². The molecule has 0 atom stereocenters. The van der Waals surface area contributed by atoms with Gasteiger partial charge in [0.15, 0.2) is 0 Å². The average Bonchev–Trinajstić information content (AvgIpc) is 3.96. The van der Waals surface area contributed by atoms with Gasteiger partial charge in [-0.25, -0.2) is 14.6 Å². The Hall–Kier alpha value is -7.04. The van der Waals surface area contributed by atoms with Gasteiger partial charge in [-0.1, -0.05) is 79.4 Å². The van der Waals surface area contributed by atoms with Gasteiger partial charge in [0.2, 0.25) is 0 Å². The molecule has 6 rings (SSSR count). The molecule has 3 aromatic heterocycles. The number of ether oxygens (including phenoxy) is 4. The first kappa shape index (κ1) is 52.9. The largest absolute Gasteiger partial charge is 0.494 e. The van der Waals surface area contributed by atoms with Gasteiger partial charge < -0.3 is 23.9 Å². The van der Waals surface area contributed by atoms with E-state index in [-0.39, 0.29) is 29.9 Å². The van der Waals surface area contributed by atoms with Crippen molar-refractivity contribution in [2.45, 2.75) is 105 Å². The van der Waals surface area contributed by atoms with Crippen molar-refractivity contribution in [1.29, 1.82) is 5.26 Å². The van der Waals surface area contributed by atoms with Crippen LogP contribution in [0.4, 0.5) is 0 Å². The second kappa shape index (κ2) is 27.7. The molecule has 0 amide bonds. The molecular weight excluding hydrogens is 889 g/mol. The number of H-pyrrole nitrogens is 1. The van der Waals surface area contributed by atoms with Crippen LogP contribution in [0, 0.1) is 25.2 Å². The molecule has 0 fully saturated rings. The van der Waals surface area contributed by atoms with Gasteiger partial charge in [0.25, 0.3) is 5.56 Å². The number of aromatic amines is 1. The number of nitrogens with one attached hydrogen (secondary N) is 1. The van der Waals surface area contributed by atoms with E-state index < -0.39 is 0 Å². The summed E-state index contributed by atoms with van der Waals surface area (Å²) in [6, 6.07) is 28.2. The van der Waals surface area contributed by atoms with E-state index in [9.17, 15) is 24.4 Å². The molecular formula is C56H64N4O8S. The van der Waals surface area contributed by atoms with E-state index in [1.807, 2.05) is 43.3 Å². The van der Waals surface area contributed by atoms with Gasteiger partial charge in [-0.05, 0) is 121 Å². The van der Waals surface area contributed by atoms with Crippen LogP contribution in [0.15, 0.2) is 120 Å². The van der Waals surface area contributed by atoms with Gasteiger partial charge in [0.1, 0.15) is 23.0 Å². The summed E-state index contributed by atoms with van der Waals surface area (Å²) in [4.78, 5) is 55.4. The van der Waals surface area contributed by atoms with E-state index in [1.165, 1.54) is 21.6 Å². The van der Waals surface area contributed by atoms with Gasteiger partial charge in [-0.2, -0.15) is 5.26 Å². The number of rotatable bonds is 25. The standard InChI is InChI=1S/C29H33N3O5.C27H31NO3S/c1-20(2)29(35)37-16-9-5-4-8-15-36-27(34)14-10-12-22-17-26(33)32-19-25(24(18-30)28(32)31-22)23-13-7-6-11-21(23)3;1-20(2)27(29)31-17-7-5-4-6-16-30-24-14-10-22(11-15-24)18-26-28-25(19-32-26)23-12-8-21(3)9-13-23/h6-7,11,13,17,19,31H,1,4-5,8-10,12,14-16H2,2-3H3;8-15,19H,1,4-7,16-18H2,2-3H3. The number of aromatic nitrogens is 3. The summed E-state index contributed by atoms with van der Waals surface area (Å²) in [5.74, 6) is -0.0630. The Balaban J connectivity index is 0.000000260. The first-order valence-electron chi connectivity index (χ1n) is 23.6. The van der Waals surface area contributed by atoms with Crippen LogP contribution in [0.5, 0.6) is 5.75 Å². The predicted octanol–water partition coefficient (Wildman–Crippen LogP) is 11.8. The summed E-state index contributed by atoms with van der Waals surface area (Å²) >= 11 is 1.70. The fraction of sp³-hybridized carbons (Fsp3) is 0.357. The highest BCUT2D eigenvalue weighted by atomic mass is 32.1. The van der Waals surface area contributed by atoms with Gasteiger partial charge >= 0.3 is 17.9 Å². The number of carbonyl (C=O) groups is 3. The molecule has 0 unspecified atom stereocenters. The number of nitriles is 1. The lowest BCUT2D eigenvalue weighted by Gasteiger charge is -2.07. The SMILES string of the molecule is C=C(C)C(=O)OCCCCCCOC(=O)CCCc1cc(=O)n2cc(-c3ccccc3C)c(C#N)c2[nH]1.C=C(C)C(=O)OCCCCCCOc1ccc(Cc2nc(-c3ccc(C)cc3)cs2)cc1. The Morgan fingerprint density at radius 2 is 1.36 bits per heavy atom. The van der Waals surface area contributed by atoms with E-state index in [2.05, 4.69) is 72.9 Å². The van der Waals surface area contributed by atoms with Crippen molar-refractivity contribution in [3.8, 4) is 34.2 Å². The number of nitrogens with zero attached hydrogens (tertiary/aromatic N) is 3. The minimum Gasteiger partial charge on any atom is -0.494 e. The summed E-state index contributed by atoms with van der Waals surface area (Å²) in [5.41, 5.74) is 9.49. The summed E-state index contributed by atoms with van der Waals surface area (Å²) in [5, 5.41) is 13.1. The molecule has 0 radical (unpaired) electrons. The predicted molar refractivity (Wildman–Crippen MR) is 272 cm³/mol. The molecule has 3 aromatic carbocycles. The van der Waals surface area contributed by atoms with Crippen molar-refractivity contribution in [3.63, 3.8) is 0 Å². The maximum Gasteiger partial charge on any atom is 0.333 e. The van der Waals surface area contributed by atoms with Crippen molar-refractivity contribution in [1.82, 2.24) is 14.4 Å². The van der Waals surface area contributed by atoms with Gasteiger partial charge in [0, 0.05) is 58.5 Å². The molecule has 3 heterocycles. The van der Waals surface area contributed by atoms with Crippen LogP contribution in [0.1, 0.15) is 111 Å². The van der Waals surface area contributed by atoms with Crippen LogP contribution in [-0.2, 0) is 41.4 Å². The molecule has 0 saturated heterocycles. The van der Waals surface area contributed by atoms with E-state index in [1.54, 1.807) is 31.4 Å². The zero-order valence-electron chi connectivity index (χ0n) is 40.4. The number of hydrogen-bond donors (Lipinski definition) is 1. The number of esters is 3. The van der Waals surface area contributed by atoms with Crippen LogP contribution in [0.25, 0.3) is 28.0 Å². The van der Waals surface area contributed by atoms with E-state index in [0.717, 1.165) is 90.9 Å². The Kier molecular flexibility index (Phi) is 21.2. The molecule has 0 saturated carbocycles. The lowest BCUT2D eigenvalue weighted by atomic mass is 10.0. The van der Waals surface area contributed by atoms with Crippen molar-refractivity contribution >= 4 is 34.9 Å². The molecule has 0 aliphatic heterocycles. The fourth-order valence-corrected chi connectivity index (χ4v) is 8.06. The molecule has 362 valence electrons. The van der Waals surface area contributed by atoms with Crippen LogP contribution < -0.4 is 10.3 Å². The average molecular weight is 953 g/mol. The number of benzene rings is 3. The minimum absolute atomic E-state index is 0.225. The second-order valence-electron chi connectivity index (χ2n) is 17.1. The smallest absolute Gasteiger partial charge is 0.333 e. The zero-order chi connectivity index (χ0) is 49.5. The fourth-order valence-electron chi connectivity index (χ4n) is 7.23. The maximum atomic E-state index is 12.7. The third-order valence-electron chi connectivity index (χ3n) is 11.1. The van der Waals surface area contributed by atoms with E-state index >= 15 is 0 Å². The highest BCUT2D eigenvalue weighted by molar-refractivity contribution is 7.10. The third-order valence-corrected chi connectivity index (χ3v) is 12.0. The van der Waals surface area contributed by atoms with Crippen LogP contribution in [-0.4, -0.2) is 58.7 Å². The lowest BCUT2D eigenvalue weighted by Crippen LogP contribution is -2.14. The van der Waals surface area contributed by atoms with Gasteiger partial charge in [0.05, 0.1) is 37.1 Å².